The van der Waals surface area contributed by atoms with Gasteiger partial charge in [0.05, 0.1) is 0 Å². The Bertz CT molecular complexity index is 326. The Morgan fingerprint density at radius 2 is 2.00 bits per heavy atom. The van der Waals surface area contributed by atoms with E-state index in [9.17, 15) is 9.50 Å². The van der Waals surface area contributed by atoms with E-state index in [0.717, 1.165) is 18.4 Å². The van der Waals surface area contributed by atoms with Gasteiger partial charge in [0, 0.05) is 0 Å². The molecular weight excluding hydrogens is 179 g/mol. The van der Waals surface area contributed by atoms with Gasteiger partial charge in [-0.25, -0.2) is 4.39 Å². The summed E-state index contributed by atoms with van der Waals surface area (Å²) in [6.07, 6.45) is 2.15. The van der Waals surface area contributed by atoms with Crippen LogP contribution >= 0.6 is 0 Å². The highest BCUT2D eigenvalue weighted by Gasteiger charge is 2.27. The zero-order valence-electron chi connectivity index (χ0n) is 8.55. The summed E-state index contributed by atoms with van der Waals surface area (Å²) in [7, 11) is 0. The van der Waals surface area contributed by atoms with Gasteiger partial charge in [0.2, 0.25) is 0 Å². The number of phenols is 1. The van der Waals surface area contributed by atoms with Crippen LogP contribution in [0.1, 0.15) is 49.7 Å². The van der Waals surface area contributed by atoms with Gasteiger partial charge in [-0.1, -0.05) is 13.8 Å². The Kier molecular flexibility index (Phi) is 2.22. The van der Waals surface area contributed by atoms with E-state index in [1.54, 1.807) is 6.07 Å². The summed E-state index contributed by atoms with van der Waals surface area (Å²) < 4.78 is 13.6. The highest BCUT2D eigenvalue weighted by Crippen LogP contribution is 2.45. The molecular formula is C12H15FO. The van der Waals surface area contributed by atoms with Gasteiger partial charge < -0.3 is 5.11 Å². The van der Waals surface area contributed by atoms with Crippen molar-refractivity contribution in [1.29, 1.82) is 0 Å². The van der Waals surface area contributed by atoms with E-state index in [-0.39, 0.29) is 17.5 Å². The molecule has 0 unspecified atom stereocenters. The first-order valence-electron chi connectivity index (χ1n) is 5.12. The van der Waals surface area contributed by atoms with E-state index in [4.69, 9.17) is 0 Å². The third kappa shape index (κ3) is 1.61. The molecule has 1 nitrogen and oxygen atoms in total. The van der Waals surface area contributed by atoms with Crippen molar-refractivity contribution >= 4 is 0 Å². The predicted molar refractivity (Wildman–Crippen MR) is 54.1 cm³/mol. The molecule has 0 atom stereocenters. The second-order valence-corrected chi connectivity index (χ2v) is 4.36. The standard InChI is InChI=1S/C12H15FO/c1-7(2)9-6-12(14)10(5-11(9)13)8-3-4-8/h5-8,14H,3-4H2,1-2H3. The first-order chi connectivity index (χ1) is 6.59. The minimum atomic E-state index is -0.181. The minimum absolute atomic E-state index is 0.120. The fraction of sp³-hybridized carbons (Fsp3) is 0.500. The van der Waals surface area contributed by atoms with E-state index in [2.05, 4.69) is 0 Å². The molecule has 76 valence electrons. The monoisotopic (exact) mass is 194 g/mol. The molecule has 0 aliphatic heterocycles. The Labute approximate surface area is 83.6 Å². The van der Waals surface area contributed by atoms with Gasteiger partial charge >= 0.3 is 0 Å². The average Bonchev–Trinajstić information content (AvgIpc) is 2.91. The van der Waals surface area contributed by atoms with E-state index in [1.165, 1.54) is 6.07 Å². The summed E-state index contributed by atoms with van der Waals surface area (Å²) in [5.74, 6) is 0.595. The molecule has 0 amide bonds. The third-order valence-corrected chi connectivity index (χ3v) is 2.79. The van der Waals surface area contributed by atoms with Crippen molar-refractivity contribution in [3.63, 3.8) is 0 Å². The molecule has 0 aromatic heterocycles. The number of halogens is 1. The molecule has 0 spiro atoms. The summed E-state index contributed by atoms with van der Waals surface area (Å²) in [6.45, 7) is 3.85. The lowest BCUT2D eigenvalue weighted by Gasteiger charge is -2.10. The van der Waals surface area contributed by atoms with Crippen molar-refractivity contribution < 1.29 is 9.50 Å². The van der Waals surface area contributed by atoms with Gasteiger partial charge in [-0.15, -0.1) is 0 Å². The van der Waals surface area contributed by atoms with Crippen LogP contribution in [0.2, 0.25) is 0 Å². The summed E-state index contributed by atoms with van der Waals surface area (Å²) >= 11 is 0. The van der Waals surface area contributed by atoms with E-state index < -0.39 is 0 Å². The minimum Gasteiger partial charge on any atom is -0.508 e. The van der Waals surface area contributed by atoms with E-state index in [0.29, 0.717) is 11.5 Å². The van der Waals surface area contributed by atoms with Crippen molar-refractivity contribution in [2.45, 2.75) is 38.5 Å². The van der Waals surface area contributed by atoms with Gasteiger partial charge in [0.25, 0.3) is 0 Å². The SMILES string of the molecule is CC(C)c1cc(O)c(C2CC2)cc1F. The predicted octanol–water partition coefficient (Wildman–Crippen LogP) is 3.53. The van der Waals surface area contributed by atoms with Crippen LogP contribution in [-0.2, 0) is 0 Å². The summed E-state index contributed by atoms with van der Waals surface area (Å²) in [5, 5.41) is 9.71. The Hall–Kier alpha value is -1.05. The molecule has 0 heterocycles. The molecule has 2 rings (SSSR count). The van der Waals surface area contributed by atoms with Crippen LogP contribution in [0.4, 0.5) is 4.39 Å². The second kappa shape index (κ2) is 3.26. The van der Waals surface area contributed by atoms with Crippen LogP contribution in [-0.4, -0.2) is 5.11 Å². The first kappa shape index (κ1) is 9.50. The summed E-state index contributed by atoms with van der Waals surface area (Å²) in [4.78, 5) is 0. The quantitative estimate of drug-likeness (QED) is 0.763. The normalized spacial score (nSPS) is 16.3. The lowest BCUT2D eigenvalue weighted by atomic mass is 9.98. The fourth-order valence-corrected chi connectivity index (χ4v) is 1.76. The van der Waals surface area contributed by atoms with E-state index in [1.807, 2.05) is 13.8 Å². The van der Waals surface area contributed by atoms with Crippen LogP contribution in [0.25, 0.3) is 0 Å². The molecule has 1 aliphatic carbocycles. The molecule has 1 saturated carbocycles. The highest BCUT2D eigenvalue weighted by molar-refractivity contribution is 5.42. The van der Waals surface area contributed by atoms with Gasteiger partial charge in [-0.2, -0.15) is 0 Å². The van der Waals surface area contributed by atoms with Gasteiger partial charge in [0.15, 0.2) is 0 Å². The molecule has 1 aliphatic rings. The average molecular weight is 194 g/mol. The Morgan fingerprint density at radius 1 is 1.36 bits per heavy atom. The first-order valence-corrected chi connectivity index (χ1v) is 5.12. The maximum atomic E-state index is 13.6. The van der Waals surface area contributed by atoms with Crippen molar-refractivity contribution in [2.75, 3.05) is 0 Å². The largest absolute Gasteiger partial charge is 0.508 e. The van der Waals surface area contributed by atoms with Gasteiger partial charge in [-0.05, 0) is 47.9 Å². The number of phenolic OH excluding ortho intramolecular Hbond substituents is 1. The number of hydrogen-bond acceptors (Lipinski definition) is 1. The number of hydrogen-bond donors (Lipinski definition) is 1. The topological polar surface area (TPSA) is 20.2 Å². The van der Waals surface area contributed by atoms with Gasteiger partial charge in [0.1, 0.15) is 11.6 Å². The molecule has 1 aromatic rings. The van der Waals surface area contributed by atoms with Crippen LogP contribution < -0.4 is 0 Å². The van der Waals surface area contributed by atoms with Crippen molar-refractivity contribution in [3.8, 4) is 5.75 Å². The Morgan fingerprint density at radius 3 is 2.50 bits per heavy atom. The summed E-state index contributed by atoms with van der Waals surface area (Å²) in [6, 6.07) is 3.08. The lowest BCUT2D eigenvalue weighted by molar-refractivity contribution is 0.463. The zero-order valence-corrected chi connectivity index (χ0v) is 8.55. The van der Waals surface area contributed by atoms with Crippen LogP contribution in [0.3, 0.4) is 0 Å². The third-order valence-electron chi connectivity index (χ3n) is 2.79. The molecule has 2 heteroatoms. The molecule has 1 fully saturated rings. The van der Waals surface area contributed by atoms with Gasteiger partial charge in [-0.3, -0.25) is 0 Å². The summed E-state index contributed by atoms with van der Waals surface area (Å²) in [5.41, 5.74) is 1.39. The number of rotatable bonds is 2. The van der Waals surface area contributed by atoms with Crippen molar-refractivity contribution in [3.05, 3.63) is 29.1 Å². The molecule has 0 radical (unpaired) electrons. The van der Waals surface area contributed by atoms with Crippen LogP contribution in [0.15, 0.2) is 12.1 Å². The second-order valence-electron chi connectivity index (χ2n) is 4.36. The Balaban J connectivity index is 2.43. The molecule has 0 bridgehead atoms. The van der Waals surface area contributed by atoms with Crippen molar-refractivity contribution in [1.82, 2.24) is 0 Å². The maximum Gasteiger partial charge on any atom is 0.127 e. The molecule has 0 saturated heterocycles. The molecule has 1 aromatic carbocycles. The number of benzene rings is 1. The zero-order chi connectivity index (χ0) is 10.3. The van der Waals surface area contributed by atoms with Crippen molar-refractivity contribution in [2.24, 2.45) is 0 Å². The molecule has 14 heavy (non-hydrogen) atoms. The van der Waals surface area contributed by atoms with E-state index >= 15 is 0 Å². The van der Waals surface area contributed by atoms with Crippen LogP contribution in [0.5, 0.6) is 5.75 Å². The highest BCUT2D eigenvalue weighted by atomic mass is 19.1. The maximum absolute atomic E-state index is 13.6. The number of aromatic hydroxyl groups is 1. The smallest absolute Gasteiger partial charge is 0.127 e. The van der Waals surface area contributed by atoms with Crippen LogP contribution in [0, 0.1) is 5.82 Å². The fourth-order valence-electron chi connectivity index (χ4n) is 1.76. The molecule has 1 N–H and O–H groups in total. The lowest BCUT2D eigenvalue weighted by Crippen LogP contribution is -1.95.